The highest BCUT2D eigenvalue weighted by Gasteiger charge is 2.39. The Bertz CT molecular complexity index is 598. The number of methoxy groups -OCH3 is 1. The Balaban J connectivity index is 3.04. The number of amides is 1. The van der Waals surface area contributed by atoms with Gasteiger partial charge in [-0.2, -0.15) is 0 Å². The number of carbonyl (C=O) groups excluding carboxylic acids is 4. The van der Waals surface area contributed by atoms with Crippen LogP contribution in [0.3, 0.4) is 0 Å². The number of carbonyl (C=O) groups is 4. The average molecular weight is 385 g/mol. The first-order valence-corrected chi connectivity index (χ1v) is 8.71. The van der Waals surface area contributed by atoms with Gasteiger partial charge in [0, 0.05) is 26.2 Å². The van der Waals surface area contributed by atoms with Crippen LogP contribution in [0.4, 0.5) is 0 Å². The molecule has 3 unspecified atom stereocenters. The maximum Gasteiger partial charge on any atom is 0.372 e. The molecule has 0 saturated carbocycles. The maximum atomic E-state index is 12.1. The van der Waals surface area contributed by atoms with Crippen LogP contribution in [0.15, 0.2) is 11.8 Å². The summed E-state index contributed by atoms with van der Waals surface area (Å²) in [5, 5.41) is 2.84. The fourth-order valence-electron chi connectivity index (χ4n) is 2.52. The zero-order chi connectivity index (χ0) is 20.6. The SMILES string of the molecule is COC(=O)C1=CCC(NC(=O)C(C)C)C(C(CCOC(C)=O)OC(C)=O)O1. The largest absolute Gasteiger partial charge is 0.477 e. The molecule has 0 fully saturated rings. The summed E-state index contributed by atoms with van der Waals surface area (Å²) in [4.78, 5) is 46.5. The lowest BCUT2D eigenvalue weighted by molar-refractivity contribution is -0.160. The van der Waals surface area contributed by atoms with Crippen molar-refractivity contribution in [2.24, 2.45) is 5.92 Å². The van der Waals surface area contributed by atoms with E-state index in [1.54, 1.807) is 13.8 Å². The van der Waals surface area contributed by atoms with Gasteiger partial charge in [0.15, 0.2) is 6.10 Å². The Kier molecular flexibility index (Phi) is 8.77. The van der Waals surface area contributed by atoms with Crippen molar-refractivity contribution in [3.05, 3.63) is 11.8 Å². The van der Waals surface area contributed by atoms with Crippen LogP contribution in [-0.2, 0) is 38.1 Å². The summed E-state index contributed by atoms with van der Waals surface area (Å²) in [6.45, 7) is 5.99. The van der Waals surface area contributed by atoms with Gasteiger partial charge in [0.2, 0.25) is 11.7 Å². The van der Waals surface area contributed by atoms with E-state index in [0.29, 0.717) is 6.42 Å². The summed E-state index contributed by atoms with van der Waals surface area (Å²) >= 11 is 0. The zero-order valence-corrected chi connectivity index (χ0v) is 16.3. The molecule has 1 amide bonds. The lowest BCUT2D eigenvalue weighted by atomic mass is 9.96. The van der Waals surface area contributed by atoms with Gasteiger partial charge >= 0.3 is 17.9 Å². The quantitative estimate of drug-likeness (QED) is 0.483. The predicted octanol–water partition coefficient (Wildman–Crippen LogP) is 0.858. The van der Waals surface area contributed by atoms with Gasteiger partial charge in [-0.15, -0.1) is 0 Å². The standard InChI is InChI=1S/C18H27NO8/c1-10(2)17(22)19-13-6-7-15(18(23)24-5)27-16(13)14(26-12(4)21)8-9-25-11(3)20/h7,10,13-14,16H,6,8-9H2,1-5H3,(H,19,22). The first-order valence-electron chi connectivity index (χ1n) is 8.71. The monoisotopic (exact) mass is 385 g/mol. The van der Waals surface area contributed by atoms with Crippen LogP contribution in [0, 0.1) is 5.92 Å². The van der Waals surface area contributed by atoms with E-state index in [1.165, 1.54) is 27.0 Å². The Morgan fingerprint density at radius 1 is 1.22 bits per heavy atom. The van der Waals surface area contributed by atoms with Crippen molar-refractivity contribution in [3.63, 3.8) is 0 Å². The van der Waals surface area contributed by atoms with Gasteiger partial charge in [-0.25, -0.2) is 4.79 Å². The van der Waals surface area contributed by atoms with Crippen molar-refractivity contribution in [2.75, 3.05) is 13.7 Å². The Hall–Kier alpha value is -2.58. The third-order valence-electron chi connectivity index (χ3n) is 3.85. The van der Waals surface area contributed by atoms with Gasteiger partial charge in [0.1, 0.15) is 6.10 Å². The molecule has 1 aliphatic rings. The van der Waals surface area contributed by atoms with E-state index in [1.807, 2.05) is 0 Å². The molecule has 1 N–H and O–H groups in total. The smallest absolute Gasteiger partial charge is 0.372 e. The highest BCUT2D eigenvalue weighted by Crippen LogP contribution is 2.25. The van der Waals surface area contributed by atoms with Gasteiger partial charge < -0.3 is 24.3 Å². The molecule has 0 aromatic carbocycles. The maximum absolute atomic E-state index is 12.1. The minimum Gasteiger partial charge on any atom is -0.477 e. The van der Waals surface area contributed by atoms with E-state index < -0.39 is 36.2 Å². The van der Waals surface area contributed by atoms with E-state index in [0.717, 1.165) is 0 Å². The average Bonchev–Trinajstić information content (AvgIpc) is 2.59. The van der Waals surface area contributed by atoms with Crippen molar-refractivity contribution in [2.45, 2.75) is 58.8 Å². The number of rotatable bonds is 8. The minimum atomic E-state index is -0.841. The van der Waals surface area contributed by atoms with Gasteiger partial charge in [-0.05, 0) is 12.5 Å². The third-order valence-corrected chi connectivity index (χ3v) is 3.85. The molecule has 152 valence electrons. The number of esters is 3. The van der Waals surface area contributed by atoms with Crippen LogP contribution in [0.1, 0.15) is 40.5 Å². The summed E-state index contributed by atoms with van der Waals surface area (Å²) in [7, 11) is 1.22. The first kappa shape index (κ1) is 22.5. The van der Waals surface area contributed by atoms with Gasteiger partial charge in [0.25, 0.3) is 0 Å². The van der Waals surface area contributed by atoms with Crippen LogP contribution < -0.4 is 5.32 Å². The summed E-state index contributed by atoms with van der Waals surface area (Å²) in [6.07, 6.45) is 0.273. The molecule has 0 aromatic heterocycles. The van der Waals surface area contributed by atoms with Crippen molar-refractivity contribution in [1.82, 2.24) is 5.32 Å². The third kappa shape index (κ3) is 7.28. The highest BCUT2D eigenvalue weighted by atomic mass is 16.6. The van der Waals surface area contributed by atoms with Crippen molar-refractivity contribution >= 4 is 23.8 Å². The van der Waals surface area contributed by atoms with Crippen LogP contribution in [-0.4, -0.2) is 55.8 Å². The van der Waals surface area contributed by atoms with Crippen LogP contribution in [0.5, 0.6) is 0 Å². The molecule has 0 bridgehead atoms. The molecule has 3 atom stereocenters. The molecule has 1 rings (SSSR count). The fraction of sp³-hybridized carbons (Fsp3) is 0.667. The molecule has 0 spiro atoms. The topological polar surface area (TPSA) is 117 Å². The summed E-state index contributed by atoms with van der Waals surface area (Å²) in [5.41, 5.74) is 0. The molecule has 0 aromatic rings. The molecule has 1 heterocycles. The lowest BCUT2D eigenvalue weighted by Crippen LogP contribution is -2.53. The molecule has 1 aliphatic heterocycles. The van der Waals surface area contributed by atoms with Crippen molar-refractivity contribution in [1.29, 1.82) is 0 Å². The van der Waals surface area contributed by atoms with Gasteiger partial charge in [0.05, 0.1) is 19.8 Å². The van der Waals surface area contributed by atoms with E-state index >= 15 is 0 Å². The van der Waals surface area contributed by atoms with E-state index in [4.69, 9.17) is 14.2 Å². The molecule has 27 heavy (non-hydrogen) atoms. The second kappa shape index (κ2) is 10.5. The van der Waals surface area contributed by atoms with Crippen LogP contribution in [0.2, 0.25) is 0 Å². The summed E-state index contributed by atoms with van der Waals surface area (Å²) in [6, 6.07) is -0.532. The molecular formula is C18H27NO8. The predicted molar refractivity (Wildman–Crippen MR) is 93.2 cm³/mol. The normalized spacial score (nSPS) is 20.0. The molecule has 9 nitrogen and oxygen atoms in total. The molecule has 0 radical (unpaired) electrons. The van der Waals surface area contributed by atoms with Crippen molar-refractivity contribution in [3.8, 4) is 0 Å². The van der Waals surface area contributed by atoms with E-state index in [9.17, 15) is 19.2 Å². The highest BCUT2D eigenvalue weighted by molar-refractivity contribution is 5.86. The number of nitrogens with one attached hydrogen (secondary N) is 1. The molecule has 9 heteroatoms. The van der Waals surface area contributed by atoms with Crippen LogP contribution >= 0.6 is 0 Å². The van der Waals surface area contributed by atoms with E-state index in [-0.39, 0.29) is 30.6 Å². The first-order chi connectivity index (χ1) is 12.6. The zero-order valence-electron chi connectivity index (χ0n) is 16.3. The molecule has 0 saturated heterocycles. The van der Waals surface area contributed by atoms with Crippen LogP contribution in [0.25, 0.3) is 0 Å². The van der Waals surface area contributed by atoms with E-state index in [2.05, 4.69) is 10.1 Å². The summed E-state index contributed by atoms with van der Waals surface area (Å²) < 4.78 is 20.6. The molecular weight excluding hydrogens is 358 g/mol. The fourth-order valence-corrected chi connectivity index (χ4v) is 2.52. The minimum absolute atomic E-state index is 0.00470. The summed E-state index contributed by atoms with van der Waals surface area (Å²) in [5.74, 6) is -2.19. The van der Waals surface area contributed by atoms with Crippen molar-refractivity contribution < 1.29 is 38.1 Å². The Morgan fingerprint density at radius 3 is 2.41 bits per heavy atom. The molecule has 0 aliphatic carbocycles. The Labute approximate surface area is 158 Å². The van der Waals surface area contributed by atoms with Gasteiger partial charge in [-0.1, -0.05) is 13.8 Å². The number of hydrogen-bond donors (Lipinski definition) is 1. The van der Waals surface area contributed by atoms with Gasteiger partial charge in [-0.3, -0.25) is 14.4 Å². The Morgan fingerprint density at radius 2 is 1.89 bits per heavy atom. The second-order valence-electron chi connectivity index (χ2n) is 6.42. The lowest BCUT2D eigenvalue weighted by Gasteiger charge is -2.36. The second-order valence-corrected chi connectivity index (χ2v) is 6.42. The number of hydrogen-bond acceptors (Lipinski definition) is 8. The number of ether oxygens (including phenoxy) is 4.